The first-order valence-electron chi connectivity index (χ1n) is 5.20. The van der Waals surface area contributed by atoms with Crippen molar-refractivity contribution in [1.29, 1.82) is 0 Å². The van der Waals surface area contributed by atoms with Crippen LogP contribution in [-0.2, 0) is 4.79 Å². The molecule has 0 saturated carbocycles. The lowest BCUT2D eigenvalue weighted by Gasteiger charge is -2.23. The summed E-state index contributed by atoms with van der Waals surface area (Å²) < 4.78 is 0. The summed E-state index contributed by atoms with van der Waals surface area (Å²) >= 11 is 0. The summed E-state index contributed by atoms with van der Waals surface area (Å²) in [6.45, 7) is 1.71. The second kappa shape index (κ2) is 5.32. The van der Waals surface area contributed by atoms with Crippen molar-refractivity contribution in [2.24, 2.45) is 0 Å². The van der Waals surface area contributed by atoms with Gasteiger partial charge in [0.25, 0.3) is 0 Å². The van der Waals surface area contributed by atoms with Crippen LogP contribution in [0.5, 0.6) is 0 Å². The SMILES string of the molecule is CN(C)CCC(=O)N1CCCC1CO. The largest absolute Gasteiger partial charge is 0.394 e. The number of hydrogen-bond acceptors (Lipinski definition) is 3. The molecule has 1 fully saturated rings. The van der Waals surface area contributed by atoms with Crippen molar-refractivity contribution in [3.63, 3.8) is 0 Å². The van der Waals surface area contributed by atoms with Gasteiger partial charge in [-0.1, -0.05) is 0 Å². The number of hydrogen-bond donors (Lipinski definition) is 1. The first kappa shape index (κ1) is 11.5. The molecule has 1 rings (SSSR count). The van der Waals surface area contributed by atoms with Gasteiger partial charge in [0.2, 0.25) is 5.91 Å². The molecule has 14 heavy (non-hydrogen) atoms. The highest BCUT2D eigenvalue weighted by Crippen LogP contribution is 2.17. The molecule has 0 aromatic rings. The van der Waals surface area contributed by atoms with Crippen LogP contribution in [0.1, 0.15) is 19.3 Å². The average Bonchev–Trinajstić information content (AvgIpc) is 2.61. The van der Waals surface area contributed by atoms with E-state index in [1.165, 1.54) is 0 Å². The Morgan fingerprint density at radius 3 is 2.86 bits per heavy atom. The molecule has 82 valence electrons. The molecule has 0 aromatic carbocycles. The minimum absolute atomic E-state index is 0.0738. The quantitative estimate of drug-likeness (QED) is 0.690. The Labute approximate surface area is 85.5 Å². The zero-order valence-electron chi connectivity index (χ0n) is 9.07. The fraction of sp³-hybridized carbons (Fsp3) is 0.900. The normalized spacial score (nSPS) is 22.0. The third-order valence-electron chi connectivity index (χ3n) is 2.68. The van der Waals surface area contributed by atoms with Crippen LogP contribution < -0.4 is 0 Å². The molecule has 1 saturated heterocycles. The molecule has 0 aromatic heterocycles. The van der Waals surface area contributed by atoms with Gasteiger partial charge in [0.05, 0.1) is 12.6 Å². The van der Waals surface area contributed by atoms with Crippen LogP contribution in [0, 0.1) is 0 Å². The van der Waals surface area contributed by atoms with Gasteiger partial charge in [-0.3, -0.25) is 4.79 Å². The molecule has 4 heteroatoms. The van der Waals surface area contributed by atoms with Gasteiger partial charge < -0.3 is 14.9 Å². The third kappa shape index (κ3) is 2.96. The second-order valence-electron chi connectivity index (χ2n) is 4.12. The molecule has 0 aliphatic carbocycles. The van der Waals surface area contributed by atoms with Crippen molar-refractivity contribution in [2.45, 2.75) is 25.3 Å². The molecule has 4 nitrogen and oxygen atoms in total. The highest BCUT2D eigenvalue weighted by atomic mass is 16.3. The van der Waals surface area contributed by atoms with Crippen molar-refractivity contribution in [2.75, 3.05) is 33.8 Å². The zero-order valence-corrected chi connectivity index (χ0v) is 9.07. The number of carbonyl (C=O) groups is 1. The Bertz CT molecular complexity index is 195. The molecule has 1 heterocycles. The molecule has 1 unspecified atom stereocenters. The van der Waals surface area contributed by atoms with Crippen LogP contribution in [0.25, 0.3) is 0 Å². The standard InChI is InChI=1S/C10H20N2O2/c1-11(2)7-5-10(14)12-6-3-4-9(12)8-13/h9,13H,3-8H2,1-2H3. The molecular formula is C10H20N2O2. The lowest BCUT2D eigenvalue weighted by Crippen LogP contribution is -2.38. The van der Waals surface area contributed by atoms with Gasteiger partial charge in [-0.2, -0.15) is 0 Å². The summed E-state index contributed by atoms with van der Waals surface area (Å²) in [7, 11) is 3.92. The summed E-state index contributed by atoms with van der Waals surface area (Å²) in [6, 6.07) is 0.0738. The van der Waals surface area contributed by atoms with Crippen molar-refractivity contribution in [3.05, 3.63) is 0 Å². The second-order valence-corrected chi connectivity index (χ2v) is 4.12. The Morgan fingerprint density at radius 2 is 2.29 bits per heavy atom. The number of rotatable bonds is 4. The van der Waals surface area contributed by atoms with Gasteiger partial charge >= 0.3 is 0 Å². The maximum atomic E-state index is 11.7. The topological polar surface area (TPSA) is 43.8 Å². The smallest absolute Gasteiger partial charge is 0.224 e. The van der Waals surface area contributed by atoms with Crippen LogP contribution in [0.3, 0.4) is 0 Å². The Morgan fingerprint density at radius 1 is 1.57 bits per heavy atom. The molecule has 1 aliphatic rings. The van der Waals surface area contributed by atoms with Crippen molar-refractivity contribution >= 4 is 5.91 Å². The minimum atomic E-state index is 0.0738. The number of amides is 1. The van der Waals surface area contributed by atoms with E-state index in [9.17, 15) is 4.79 Å². The molecule has 0 spiro atoms. The Kier molecular flexibility index (Phi) is 4.35. The Hall–Kier alpha value is -0.610. The highest BCUT2D eigenvalue weighted by Gasteiger charge is 2.27. The maximum Gasteiger partial charge on any atom is 0.224 e. The summed E-state index contributed by atoms with van der Waals surface area (Å²) in [5, 5.41) is 9.06. The Balaban J connectivity index is 2.35. The molecule has 1 amide bonds. The fourth-order valence-corrected chi connectivity index (χ4v) is 1.82. The van der Waals surface area contributed by atoms with Gasteiger partial charge in [0, 0.05) is 19.5 Å². The van der Waals surface area contributed by atoms with Gasteiger partial charge in [-0.05, 0) is 26.9 Å². The van der Waals surface area contributed by atoms with Crippen LogP contribution >= 0.6 is 0 Å². The lowest BCUT2D eigenvalue weighted by molar-refractivity contribution is -0.132. The summed E-state index contributed by atoms with van der Waals surface area (Å²) in [5.74, 6) is 0.176. The summed E-state index contributed by atoms with van der Waals surface area (Å²) in [4.78, 5) is 15.5. The van der Waals surface area contributed by atoms with Crippen LogP contribution in [-0.4, -0.2) is 60.6 Å². The van der Waals surface area contributed by atoms with Gasteiger partial charge in [0.1, 0.15) is 0 Å². The van der Waals surface area contributed by atoms with Crippen molar-refractivity contribution in [1.82, 2.24) is 9.80 Å². The highest BCUT2D eigenvalue weighted by molar-refractivity contribution is 5.77. The number of aliphatic hydroxyl groups is 1. The number of likely N-dealkylation sites (tertiary alicyclic amines) is 1. The zero-order chi connectivity index (χ0) is 10.6. The predicted molar refractivity (Wildman–Crippen MR) is 55.0 cm³/mol. The monoisotopic (exact) mass is 200 g/mol. The van der Waals surface area contributed by atoms with E-state index >= 15 is 0 Å². The molecule has 0 bridgehead atoms. The summed E-state index contributed by atoms with van der Waals surface area (Å²) in [6.07, 6.45) is 2.53. The lowest BCUT2D eigenvalue weighted by atomic mass is 10.2. The van der Waals surface area contributed by atoms with Crippen LogP contribution in [0.2, 0.25) is 0 Å². The van der Waals surface area contributed by atoms with Crippen molar-refractivity contribution in [3.8, 4) is 0 Å². The molecule has 1 N–H and O–H groups in total. The molecule has 0 radical (unpaired) electrons. The third-order valence-corrected chi connectivity index (χ3v) is 2.68. The van der Waals surface area contributed by atoms with E-state index in [4.69, 9.17) is 5.11 Å². The maximum absolute atomic E-state index is 11.7. The van der Waals surface area contributed by atoms with Gasteiger partial charge in [-0.15, -0.1) is 0 Å². The van der Waals surface area contributed by atoms with Crippen LogP contribution in [0.4, 0.5) is 0 Å². The molecule has 1 atom stereocenters. The number of carbonyl (C=O) groups excluding carboxylic acids is 1. The minimum Gasteiger partial charge on any atom is -0.394 e. The first-order valence-corrected chi connectivity index (χ1v) is 5.20. The van der Waals surface area contributed by atoms with E-state index in [1.54, 1.807) is 0 Å². The average molecular weight is 200 g/mol. The van der Waals surface area contributed by atoms with E-state index in [0.717, 1.165) is 25.9 Å². The molecular weight excluding hydrogens is 180 g/mol. The van der Waals surface area contributed by atoms with E-state index < -0.39 is 0 Å². The van der Waals surface area contributed by atoms with Crippen LogP contribution in [0.15, 0.2) is 0 Å². The number of nitrogens with zero attached hydrogens (tertiary/aromatic N) is 2. The van der Waals surface area contributed by atoms with E-state index in [1.807, 2.05) is 23.9 Å². The van der Waals surface area contributed by atoms with E-state index in [2.05, 4.69) is 0 Å². The fourth-order valence-electron chi connectivity index (χ4n) is 1.82. The first-order chi connectivity index (χ1) is 6.65. The predicted octanol–water partition coefficient (Wildman–Crippen LogP) is -0.0786. The van der Waals surface area contributed by atoms with E-state index in [0.29, 0.717) is 6.42 Å². The number of aliphatic hydroxyl groups excluding tert-OH is 1. The van der Waals surface area contributed by atoms with E-state index in [-0.39, 0.29) is 18.6 Å². The molecule has 1 aliphatic heterocycles. The van der Waals surface area contributed by atoms with Gasteiger partial charge in [0.15, 0.2) is 0 Å². The van der Waals surface area contributed by atoms with Gasteiger partial charge in [-0.25, -0.2) is 0 Å². The van der Waals surface area contributed by atoms with Crippen molar-refractivity contribution < 1.29 is 9.90 Å². The summed E-state index contributed by atoms with van der Waals surface area (Å²) in [5.41, 5.74) is 0.